The molecule has 0 radical (unpaired) electrons. The van der Waals surface area contributed by atoms with E-state index in [1.807, 2.05) is 0 Å². The zero-order valence-corrected chi connectivity index (χ0v) is 16.1. The summed E-state index contributed by atoms with van der Waals surface area (Å²) in [4.78, 5) is 19.6. The summed E-state index contributed by atoms with van der Waals surface area (Å²) < 4.78 is 68.0. The Hall–Kier alpha value is -3.22. The van der Waals surface area contributed by atoms with Gasteiger partial charge in [-0.1, -0.05) is 0 Å². The van der Waals surface area contributed by atoms with E-state index >= 15 is 0 Å². The van der Waals surface area contributed by atoms with Crippen molar-refractivity contribution in [3.05, 3.63) is 41.5 Å². The number of benzene rings is 1. The van der Waals surface area contributed by atoms with E-state index in [0.29, 0.717) is 17.5 Å². The molecule has 29 heavy (non-hydrogen) atoms. The summed E-state index contributed by atoms with van der Waals surface area (Å²) in [7, 11) is -4.40. The summed E-state index contributed by atoms with van der Waals surface area (Å²) >= 11 is 0. The number of carbonyl (C=O) groups excluding carboxylic acids is 1. The number of hydrogen-bond acceptors (Lipinski definition) is 7. The number of amides is 1. The fraction of sp³-hybridized carbons (Fsp3) is 0.250. The number of nitrogens with zero attached hydrogens (tertiary/aromatic N) is 4. The zero-order valence-electron chi connectivity index (χ0n) is 15.3. The summed E-state index contributed by atoms with van der Waals surface area (Å²) in [5.74, 6) is -1.08. The molecular weight excluding hydrogens is 415 g/mol. The Morgan fingerprint density at radius 1 is 1.17 bits per heavy atom. The lowest BCUT2D eigenvalue weighted by Crippen LogP contribution is -2.23. The Morgan fingerprint density at radius 3 is 2.48 bits per heavy atom. The highest BCUT2D eigenvalue weighted by molar-refractivity contribution is 7.92. The van der Waals surface area contributed by atoms with Gasteiger partial charge < -0.3 is 10.1 Å². The van der Waals surface area contributed by atoms with Gasteiger partial charge in [0.25, 0.3) is 21.5 Å². The van der Waals surface area contributed by atoms with Crippen LogP contribution in [0, 0.1) is 13.8 Å². The summed E-state index contributed by atoms with van der Waals surface area (Å²) in [6.07, 6.45) is 0. The van der Waals surface area contributed by atoms with Gasteiger partial charge in [-0.15, -0.1) is 5.10 Å². The van der Waals surface area contributed by atoms with Crippen molar-refractivity contribution in [1.82, 2.24) is 19.6 Å². The molecular formula is C16H14F3N5O4S. The molecule has 2 aromatic heterocycles. The minimum Gasteiger partial charge on any atom is -0.495 e. The van der Waals surface area contributed by atoms with E-state index in [0.717, 1.165) is 12.1 Å². The van der Waals surface area contributed by atoms with E-state index in [1.165, 1.54) is 11.6 Å². The van der Waals surface area contributed by atoms with Crippen molar-refractivity contribution in [3.8, 4) is 5.75 Å². The second-order valence-electron chi connectivity index (χ2n) is 5.95. The first-order valence-electron chi connectivity index (χ1n) is 7.96. The number of methoxy groups -OCH3 is 1. The molecule has 0 aliphatic carbocycles. The van der Waals surface area contributed by atoms with Gasteiger partial charge in [0.2, 0.25) is 5.82 Å². The third kappa shape index (κ3) is 3.72. The number of fused-ring (bicyclic) bond motifs is 1. The van der Waals surface area contributed by atoms with Gasteiger partial charge >= 0.3 is 5.51 Å². The predicted octanol–water partition coefficient (Wildman–Crippen LogP) is 2.30. The lowest BCUT2D eigenvalue weighted by molar-refractivity contribution is -0.0436. The van der Waals surface area contributed by atoms with Crippen LogP contribution in [0.2, 0.25) is 0 Å². The fourth-order valence-corrected chi connectivity index (χ4v) is 3.31. The topological polar surface area (TPSA) is 116 Å². The molecule has 0 atom stereocenters. The summed E-state index contributed by atoms with van der Waals surface area (Å²) in [5, 5.41) is 6.28. The Bertz CT molecular complexity index is 1220. The van der Waals surface area contributed by atoms with Gasteiger partial charge in [0.1, 0.15) is 5.75 Å². The maximum absolute atomic E-state index is 12.8. The Labute approximate surface area is 162 Å². The average Bonchev–Trinajstić information content (AvgIpc) is 3.05. The van der Waals surface area contributed by atoms with Crippen molar-refractivity contribution < 1.29 is 31.1 Å². The molecule has 13 heteroatoms. The van der Waals surface area contributed by atoms with E-state index in [-0.39, 0.29) is 23.0 Å². The third-order valence-electron chi connectivity index (χ3n) is 3.86. The molecule has 0 bridgehead atoms. The van der Waals surface area contributed by atoms with Gasteiger partial charge in [-0.25, -0.2) is 17.9 Å². The van der Waals surface area contributed by atoms with Gasteiger partial charge in [-0.2, -0.15) is 18.2 Å². The van der Waals surface area contributed by atoms with Crippen LogP contribution in [0.5, 0.6) is 5.75 Å². The average molecular weight is 429 g/mol. The second kappa shape index (κ2) is 6.99. The summed E-state index contributed by atoms with van der Waals surface area (Å²) in [6, 6.07) is 4.11. The van der Waals surface area contributed by atoms with Crippen molar-refractivity contribution >= 4 is 27.2 Å². The first-order valence-corrected chi connectivity index (χ1v) is 9.44. The number of rotatable bonds is 4. The monoisotopic (exact) mass is 429 g/mol. The van der Waals surface area contributed by atoms with E-state index < -0.39 is 26.1 Å². The second-order valence-corrected chi connectivity index (χ2v) is 7.89. The number of alkyl halides is 3. The van der Waals surface area contributed by atoms with Crippen molar-refractivity contribution in [1.29, 1.82) is 0 Å². The quantitative estimate of drug-likeness (QED) is 0.677. The van der Waals surface area contributed by atoms with Crippen LogP contribution in [-0.2, 0) is 9.84 Å². The number of anilines is 1. The van der Waals surface area contributed by atoms with Crippen LogP contribution in [-0.4, -0.2) is 46.5 Å². The van der Waals surface area contributed by atoms with Crippen molar-refractivity contribution in [3.63, 3.8) is 0 Å². The summed E-state index contributed by atoms with van der Waals surface area (Å²) in [6.45, 7) is 3.46. The first kappa shape index (κ1) is 20.5. The van der Waals surface area contributed by atoms with E-state index in [2.05, 4.69) is 20.4 Å². The lowest BCUT2D eigenvalue weighted by atomic mass is 10.3. The minimum atomic E-state index is -5.61. The molecule has 0 unspecified atom stereocenters. The SMILES string of the molecule is COc1ccc(S(=O)(=O)C(F)(F)F)cc1NC(=O)c1nc2nc(C)cc(C)n2n1. The summed E-state index contributed by atoms with van der Waals surface area (Å²) in [5.41, 5.74) is -4.47. The Morgan fingerprint density at radius 2 is 1.86 bits per heavy atom. The highest BCUT2D eigenvalue weighted by Gasteiger charge is 2.47. The standard InChI is InChI=1S/C16H14F3N5O4S/c1-8-6-9(2)24-15(20-8)22-13(23-24)14(25)21-11-7-10(4-5-12(11)28-3)29(26,27)16(17,18)19/h4-7H,1-3H3,(H,21,25). The molecule has 9 nitrogen and oxygen atoms in total. The normalized spacial score (nSPS) is 12.2. The van der Waals surface area contributed by atoms with Crippen LogP contribution in [0.4, 0.5) is 18.9 Å². The number of nitrogens with one attached hydrogen (secondary N) is 1. The van der Waals surface area contributed by atoms with Crippen molar-refractivity contribution in [2.75, 3.05) is 12.4 Å². The molecule has 0 aliphatic heterocycles. The van der Waals surface area contributed by atoms with Crippen LogP contribution < -0.4 is 10.1 Å². The molecule has 1 N–H and O–H groups in total. The smallest absolute Gasteiger partial charge is 0.495 e. The number of carbonyl (C=O) groups is 1. The maximum Gasteiger partial charge on any atom is 0.501 e. The predicted molar refractivity (Wildman–Crippen MR) is 94.4 cm³/mol. The largest absolute Gasteiger partial charge is 0.501 e. The fourth-order valence-electron chi connectivity index (χ4n) is 2.53. The number of aromatic nitrogens is 4. The number of aryl methyl sites for hydroxylation is 2. The van der Waals surface area contributed by atoms with E-state index in [9.17, 15) is 26.4 Å². The molecule has 1 aromatic carbocycles. The molecule has 154 valence electrons. The number of hydrogen-bond donors (Lipinski definition) is 1. The molecule has 0 spiro atoms. The maximum atomic E-state index is 12.8. The van der Waals surface area contributed by atoms with Gasteiger partial charge in [0.05, 0.1) is 17.7 Å². The van der Waals surface area contributed by atoms with Crippen LogP contribution >= 0.6 is 0 Å². The number of sulfone groups is 1. The van der Waals surface area contributed by atoms with Gasteiger partial charge in [0.15, 0.2) is 0 Å². The molecule has 3 rings (SSSR count). The highest BCUT2D eigenvalue weighted by atomic mass is 32.2. The van der Waals surface area contributed by atoms with Crippen LogP contribution in [0.25, 0.3) is 5.78 Å². The molecule has 2 heterocycles. The Balaban J connectivity index is 2.00. The zero-order chi connectivity index (χ0) is 21.6. The van der Waals surface area contributed by atoms with Crippen LogP contribution in [0.15, 0.2) is 29.2 Å². The van der Waals surface area contributed by atoms with Crippen LogP contribution in [0.3, 0.4) is 0 Å². The van der Waals surface area contributed by atoms with Crippen molar-refractivity contribution in [2.45, 2.75) is 24.3 Å². The van der Waals surface area contributed by atoms with E-state index in [1.54, 1.807) is 19.9 Å². The van der Waals surface area contributed by atoms with Gasteiger partial charge in [-0.05, 0) is 38.1 Å². The van der Waals surface area contributed by atoms with Crippen molar-refractivity contribution in [2.24, 2.45) is 0 Å². The molecule has 0 fully saturated rings. The molecule has 0 saturated carbocycles. The van der Waals surface area contributed by atoms with E-state index in [4.69, 9.17) is 4.74 Å². The molecule has 3 aromatic rings. The lowest BCUT2D eigenvalue weighted by Gasteiger charge is -2.13. The highest BCUT2D eigenvalue weighted by Crippen LogP contribution is 2.34. The van der Waals surface area contributed by atoms with Gasteiger partial charge in [-0.3, -0.25) is 4.79 Å². The Kier molecular flexibility index (Phi) is 4.94. The number of halogens is 3. The minimum absolute atomic E-state index is 0.0478. The molecule has 0 saturated heterocycles. The third-order valence-corrected chi connectivity index (χ3v) is 5.34. The first-order chi connectivity index (χ1) is 13.4. The van der Waals surface area contributed by atoms with Crippen LogP contribution in [0.1, 0.15) is 22.0 Å². The number of ether oxygens (including phenoxy) is 1. The molecule has 1 amide bonds. The molecule has 0 aliphatic rings. The van der Waals surface area contributed by atoms with Gasteiger partial charge in [0, 0.05) is 11.4 Å².